The number of aryl methyl sites for hydroxylation is 2. The van der Waals surface area contributed by atoms with Crippen molar-refractivity contribution in [2.45, 2.75) is 25.3 Å². The van der Waals surface area contributed by atoms with E-state index in [9.17, 15) is 13.5 Å². The molecule has 0 amide bonds. The van der Waals surface area contributed by atoms with Crippen LogP contribution in [0.15, 0.2) is 23.1 Å². The number of aromatic hydroxyl groups is 1. The van der Waals surface area contributed by atoms with Gasteiger partial charge in [-0.05, 0) is 32.0 Å². The molecule has 1 aromatic carbocycles. The molecule has 8 heteroatoms. The van der Waals surface area contributed by atoms with E-state index in [-0.39, 0.29) is 22.9 Å². The number of sulfonamides is 1. The lowest BCUT2D eigenvalue weighted by molar-refractivity contribution is 0.477. The largest absolute Gasteiger partial charge is 0.506 e. The van der Waals surface area contributed by atoms with Crippen LogP contribution >= 0.6 is 0 Å². The fourth-order valence-corrected chi connectivity index (χ4v) is 3.05. The first-order chi connectivity index (χ1) is 9.72. The standard InChI is InChI=1S/C13H18N4O3S/c1-8-11(9(2)17(3)16-8)7-15-21(19,20)10-4-5-13(18)12(14)6-10/h4-6,15,18H,7,14H2,1-3H3. The number of phenols is 1. The molecule has 21 heavy (non-hydrogen) atoms. The van der Waals surface area contributed by atoms with Gasteiger partial charge in [-0.3, -0.25) is 4.68 Å². The van der Waals surface area contributed by atoms with Crippen LogP contribution in [-0.4, -0.2) is 23.3 Å². The van der Waals surface area contributed by atoms with Gasteiger partial charge in [0.15, 0.2) is 0 Å². The van der Waals surface area contributed by atoms with E-state index < -0.39 is 10.0 Å². The number of rotatable bonds is 4. The van der Waals surface area contributed by atoms with Gasteiger partial charge in [0.25, 0.3) is 0 Å². The van der Waals surface area contributed by atoms with E-state index in [4.69, 9.17) is 5.73 Å². The second-order valence-corrected chi connectivity index (χ2v) is 6.59. The second-order valence-electron chi connectivity index (χ2n) is 4.82. The number of benzene rings is 1. The Morgan fingerprint density at radius 2 is 2.05 bits per heavy atom. The minimum absolute atomic E-state index is 0.0111. The summed E-state index contributed by atoms with van der Waals surface area (Å²) in [6.07, 6.45) is 0. The van der Waals surface area contributed by atoms with Crippen LogP contribution in [-0.2, 0) is 23.6 Å². The van der Waals surface area contributed by atoms with Gasteiger partial charge in [-0.2, -0.15) is 5.10 Å². The molecule has 2 aromatic rings. The topological polar surface area (TPSA) is 110 Å². The normalized spacial score (nSPS) is 11.8. The van der Waals surface area contributed by atoms with Crippen molar-refractivity contribution in [2.24, 2.45) is 7.05 Å². The van der Waals surface area contributed by atoms with Crippen LogP contribution in [0.2, 0.25) is 0 Å². The third-order valence-corrected chi connectivity index (χ3v) is 4.81. The number of nitrogens with zero attached hydrogens (tertiary/aromatic N) is 2. The van der Waals surface area contributed by atoms with Crippen LogP contribution in [0.3, 0.4) is 0 Å². The third-order valence-electron chi connectivity index (χ3n) is 3.41. The number of phenolic OH excluding ortho intramolecular Hbond substituents is 1. The average molecular weight is 310 g/mol. The zero-order valence-electron chi connectivity index (χ0n) is 12.1. The molecule has 1 heterocycles. The van der Waals surface area contributed by atoms with Crippen molar-refractivity contribution < 1.29 is 13.5 Å². The molecule has 7 nitrogen and oxygen atoms in total. The first-order valence-corrected chi connectivity index (χ1v) is 7.78. The summed E-state index contributed by atoms with van der Waals surface area (Å²) in [5, 5.41) is 13.6. The lowest BCUT2D eigenvalue weighted by Crippen LogP contribution is -2.24. The summed E-state index contributed by atoms with van der Waals surface area (Å²) in [5.41, 5.74) is 8.06. The van der Waals surface area contributed by atoms with Gasteiger partial charge < -0.3 is 10.8 Å². The van der Waals surface area contributed by atoms with Gasteiger partial charge in [-0.15, -0.1) is 0 Å². The quantitative estimate of drug-likeness (QED) is 0.571. The Hall–Kier alpha value is -2.06. The second kappa shape index (κ2) is 5.38. The Bertz CT molecular complexity index is 781. The molecule has 1 aromatic heterocycles. The maximum Gasteiger partial charge on any atom is 0.240 e. The minimum Gasteiger partial charge on any atom is -0.506 e. The van der Waals surface area contributed by atoms with E-state index >= 15 is 0 Å². The number of nitrogen functional groups attached to an aromatic ring is 1. The highest BCUT2D eigenvalue weighted by atomic mass is 32.2. The zero-order valence-corrected chi connectivity index (χ0v) is 12.9. The molecule has 0 saturated heterocycles. The zero-order chi connectivity index (χ0) is 15.8. The summed E-state index contributed by atoms with van der Waals surface area (Å²) in [6, 6.07) is 3.78. The number of anilines is 1. The van der Waals surface area contributed by atoms with Crippen molar-refractivity contribution in [1.82, 2.24) is 14.5 Å². The monoisotopic (exact) mass is 310 g/mol. The van der Waals surface area contributed by atoms with Crippen molar-refractivity contribution in [1.29, 1.82) is 0 Å². The Morgan fingerprint density at radius 3 is 2.57 bits per heavy atom. The Kier molecular flexibility index (Phi) is 3.93. The summed E-state index contributed by atoms with van der Waals surface area (Å²) in [5.74, 6) is -0.145. The van der Waals surface area contributed by atoms with Crippen LogP contribution in [0.5, 0.6) is 5.75 Å². The highest BCUT2D eigenvalue weighted by molar-refractivity contribution is 7.89. The number of aromatic nitrogens is 2. The molecule has 0 atom stereocenters. The summed E-state index contributed by atoms with van der Waals surface area (Å²) in [7, 11) is -1.89. The van der Waals surface area contributed by atoms with Crippen molar-refractivity contribution in [3.05, 3.63) is 35.2 Å². The first-order valence-electron chi connectivity index (χ1n) is 6.29. The van der Waals surface area contributed by atoms with E-state index in [1.165, 1.54) is 18.2 Å². The summed E-state index contributed by atoms with van der Waals surface area (Å²) in [6.45, 7) is 3.85. The molecule has 0 fully saturated rings. The molecule has 0 radical (unpaired) electrons. The predicted octanol–water partition coefficient (Wildman–Crippen LogP) is 0.803. The van der Waals surface area contributed by atoms with E-state index in [1.54, 1.807) is 11.7 Å². The van der Waals surface area contributed by atoms with Crippen molar-refractivity contribution in [2.75, 3.05) is 5.73 Å². The number of hydrogen-bond acceptors (Lipinski definition) is 5. The minimum atomic E-state index is -3.70. The maximum absolute atomic E-state index is 12.2. The Morgan fingerprint density at radius 1 is 1.38 bits per heavy atom. The molecule has 0 bridgehead atoms. The predicted molar refractivity (Wildman–Crippen MR) is 79.2 cm³/mol. The molecule has 0 unspecified atom stereocenters. The molecule has 0 aliphatic carbocycles. The fourth-order valence-electron chi connectivity index (χ4n) is 2.02. The summed E-state index contributed by atoms with van der Waals surface area (Å²) >= 11 is 0. The fraction of sp³-hybridized carbons (Fsp3) is 0.308. The molecule has 0 spiro atoms. The first kappa shape index (κ1) is 15.3. The average Bonchev–Trinajstić information content (AvgIpc) is 2.64. The van der Waals surface area contributed by atoms with Gasteiger partial charge in [0.2, 0.25) is 10.0 Å². The Balaban J connectivity index is 2.23. The molecular formula is C13H18N4O3S. The maximum atomic E-state index is 12.2. The smallest absolute Gasteiger partial charge is 0.240 e. The van der Waals surface area contributed by atoms with E-state index in [2.05, 4.69) is 9.82 Å². The van der Waals surface area contributed by atoms with Crippen LogP contribution in [0, 0.1) is 13.8 Å². The molecule has 2 rings (SSSR count). The summed E-state index contributed by atoms with van der Waals surface area (Å²) < 4.78 is 28.7. The molecule has 114 valence electrons. The lowest BCUT2D eigenvalue weighted by atomic mass is 10.2. The lowest BCUT2D eigenvalue weighted by Gasteiger charge is -2.08. The molecule has 0 aliphatic heterocycles. The third kappa shape index (κ3) is 3.01. The van der Waals surface area contributed by atoms with Crippen LogP contribution < -0.4 is 10.5 Å². The van der Waals surface area contributed by atoms with E-state index in [1.807, 2.05) is 13.8 Å². The number of hydrogen-bond donors (Lipinski definition) is 3. The highest BCUT2D eigenvalue weighted by Crippen LogP contribution is 2.23. The van der Waals surface area contributed by atoms with Gasteiger partial charge in [-0.1, -0.05) is 0 Å². The molecule has 4 N–H and O–H groups in total. The van der Waals surface area contributed by atoms with E-state index in [0.29, 0.717) is 0 Å². The highest BCUT2D eigenvalue weighted by Gasteiger charge is 2.17. The summed E-state index contributed by atoms with van der Waals surface area (Å²) in [4.78, 5) is 0.0111. The number of nitrogens with two attached hydrogens (primary N) is 1. The van der Waals surface area contributed by atoms with Gasteiger partial charge in [0, 0.05) is 24.8 Å². The SMILES string of the molecule is Cc1nn(C)c(C)c1CNS(=O)(=O)c1ccc(O)c(N)c1. The molecular weight excluding hydrogens is 292 g/mol. The van der Waals surface area contributed by atoms with Crippen LogP contribution in [0.4, 0.5) is 5.69 Å². The van der Waals surface area contributed by atoms with Crippen molar-refractivity contribution in [3.8, 4) is 5.75 Å². The van der Waals surface area contributed by atoms with Gasteiger partial charge in [0.05, 0.1) is 16.3 Å². The van der Waals surface area contributed by atoms with Gasteiger partial charge in [0.1, 0.15) is 5.75 Å². The van der Waals surface area contributed by atoms with Crippen molar-refractivity contribution >= 4 is 15.7 Å². The van der Waals surface area contributed by atoms with Crippen LogP contribution in [0.25, 0.3) is 0 Å². The van der Waals surface area contributed by atoms with Gasteiger partial charge in [-0.25, -0.2) is 13.1 Å². The number of nitrogens with one attached hydrogen (secondary N) is 1. The van der Waals surface area contributed by atoms with Crippen LogP contribution in [0.1, 0.15) is 17.0 Å². The van der Waals surface area contributed by atoms with E-state index in [0.717, 1.165) is 17.0 Å². The van der Waals surface area contributed by atoms with Crippen molar-refractivity contribution in [3.63, 3.8) is 0 Å². The molecule has 0 saturated carbocycles. The van der Waals surface area contributed by atoms with Gasteiger partial charge >= 0.3 is 0 Å². The molecule has 0 aliphatic rings. The Labute approximate surface area is 123 Å².